The second-order valence-corrected chi connectivity index (χ2v) is 4.60. The molecule has 16 heavy (non-hydrogen) atoms. The van der Waals surface area contributed by atoms with Crippen molar-refractivity contribution in [1.29, 1.82) is 0 Å². The third-order valence-electron chi connectivity index (χ3n) is 3.39. The summed E-state index contributed by atoms with van der Waals surface area (Å²) < 4.78 is 16.3. The van der Waals surface area contributed by atoms with E-state index in [1.807, 2.05) is 0 Å². The minimum absolute atomic E-state index is 0.0611. The Hall–Kier alpha value is -0.290. The first kappa shape index (κ1) is 12.2. The molecule has 2 aliphatic rings. The van der Waals surface area contributed by atoms with Crippen LogP contribution in [-0.4, -0.2) is 36.6 Å². The molecule has 0 spiro atoms. The molecule has 1 aliphatic heterocycles. The van der Waals surface area contributed by atoms with Gasteiger partial charge in [0.05, 0.1) is 13.2 Å². The molecule has 1 saturated carbocycles. The van der Waals surface area contributed by atoms with E-state index in [1.165, 1.54) is 0 Å². The molecule has 3 unspecified atom stereocenters. The molecule has 2 rings (SSSR count). The molecule has 0 N–H and O–H groups in total. The molecule has 3 atom stereocenters. The average molecular weight is 249 g/mol. The van der Waals surface area contributed by atoms with Crippen LogP contribution in [0, 0.1) is 16.0 Å². The molecule has 92 valence electrons. The third-order valence-corrected chi connectivity index (χ3v) is 3.55. The minimum atomic E-state index is -0.757. The van der Waals surface area contributed by atoms with E-state index in [1.54, 1.807) is 0 Å². The second kappa shape index (κ2) is 4.92. The van der Waals surface area contributed by atoms with Crippen LogP contribution in [0.3, 0.4) is 0 Å². The molecule has 0 bridgehead atoms. The normalized spacial score (nSPS) is 33.1. The van der Waals surface area contributed by atoms with Crippen LogP contribution < -0.4 is 0 Å². The van der Waals surface area contributed by atoms with E-state index in [0.29, 0.717) is 32.7 Å². The van der Waals surface area contributed by atoms with Crippen LogP contribution in [0.1, 0.15) is 19.3 Å². The number of nitro groups is 1. The molecular formula is C9H16NO5P. The lowest BCUT2D eigenvalue weighted by molar-refractivity contribution is -0.521. The Bertz CT molecular complexity index is 269. The quantitative estimate of drug-likeness (QED) is 0.422. The van der Waals surface area contributed by atoms with E-state index in [0.717, 1.165) is 6.42 Å². The molecule has 7 heteroatoms. The van der Waals surface area contributed by atoms with Gasteiger partial charge in [-0.2, -0.15) is 0 Å². The van der Waals surface area contributed by atoms with Gasteiger partial charge < -0.3 is 14.0 Å². The summed E-state index contributed by atoms with van der Waals surface area (Å²) in [6, 6.07) is -0.459. The zero-order valence-corrected chi connectivity index (χ0v) is 10.1. The lowest BCUT2D eigenvalue weighted by Gasteiger charge is -2.32. The van der Waals surface area contributed by atoms with Crippen LogP contribution in [0.2, 0.25) is 0 Å². The molecule has 6 nitrogen and oxygen atoms in total. The molecule has 1 aliphatic carbocycles. The SMILES string of the molecule is O=[N+]([O-])C1CCC(C2(COP)OCCO2)C1. The molecule has 0 aromatic carbocycles. The van der Waals surface area contributed by atoms with E-state index >= 15 is 0 Å². The first-order valence-corrected chi connectivity index (χ1v) is 5.88. The predicted octanol–water partition coefficient (Wildman–Crippen LogP) is 0.982. The molecular weight excluding hydrogens is 233 g/mol. The summed E-state index contributed by atoms with van der Waals surface area (Å²) in [5.74, 6) is -0.696. The zero-order valence-electron chi connectivity index (χ0n) is 8.96. The zero-order chi connectivity index (χ0) is 11.6. The van der Waals surface area contributed by atoms with Crippen LogP contribution in [0.15, 0.2) is 0 Å². The first-order valence-electron chi connectivity index (χ1n) is 5.41. The van der Waals surface area contributed by atoms with Crippen molar-refractivity contribution in [3.05, 3.63) is 10.1 Å². The Morgan fingerprint density at radius 3 is 2.62 bits per heavy atom. The van der Waals surface area contributed by atoms with Gasteiger partial charge >= 0.3 is 0 Å². The molecule has 0 aromatic heterocycles. The Morgan fingerprint density at radius 1 is 1.44 bits per heavy atom. The van der Waals surface area contributed by atoms with Crippen LogP contribution in [0.25, 0.3) is 0 Å². The van der Waals surface area contributed by atoms with E-state index < -0.39 is 11.8 Å². The summed E-state index contributed by atoms with van der Waals surface area (Å²) in [7, 11) is 2.17. The standard InChI is InChI=1S/C9H16NO5P/c11-10(12)8-2-1-7(5-8)9(6-15-16)13-3-4-14-9/h7-8H,1-6,16H2. The van der Waals surface area contributed by atoms with E-state index in [2.05, 4.69) is 9.47 Å². The lowest BCUT2D eigenvalue weighted by Crippen LogP contribution is -2.42. The van der Waals surface area contributed by atoms with E-state index in [4.69, 9.17) is 14.0 Å². The summed E-state index contributed by atoms with van der Waals surface area (Å²) in [4.78, 5) is 10.5. The van der Waals surface area contributed by atoms with E-state index in [-0.39, 0.29) is 10.8 Å². The highest BCUT2D eigenvalue weighted by Gasteiger charge is 2.50. The maximum atomic E-state index is 10.7. The number of hydrogen-bond donors (Lipinski definition) is 0. The summed E-state index contributed by atoms with van der Waals surface area (Å²) in [6.07, 6.45) is 1.88. The molecule has 1 saturated heterocycles. The Balaban J connectivity index is 2.02. The molecule has 2 fully saturated rings. The number of rotatable bonds is 4. The van der Waals surface area contributed by atoms with Gasteiger partial charge in [0.1, 0.15) is 6.61 Å². The number of ether oxygens (including phenoxy) is 2. The largest absolute Gasteiger partial charge is 0.360 e. The number of nitrogens with zero attached hydrogens (tertiary/aromatic N) is 1. The maximum absolute atomic E-state index is 10.7. The van der Waals surface area contributed by atoms with Crippen molar-refractivity contribution in [2.45, 2.75) is 31.1 Å². The van der Waals surface area contributed by atoms with Gasteiger partial charge in [0.15, 0.2) is 5.79 Å². The fourth-order valence-corrected chi connectivity index (χ4v) is 2.80. The van der Waals surface area contributed by atoms with Gasteiger partial charge in [-0.25, -0.2) is 0 Å². The third kappa shape index (κ3) is 2.20. The van der Waals surface area contributed by atoms with Gasteiger partial charge in [-0.3, -0.25) is 10.1 Å². The highest BCUT2D eigenvalue weighted by Crippen LogP contribution is 2.40. The first-order chi connectivity index (χ1) is 7.68. The Kier molecular flexibility index (Phi) is 3.74. The molecule has 0 amide bonds. The predicted molar refractivity (Wildman–Crippen MR) is 58.4 cm³/mol. The van der Waals surface area contributed by atoms with Crippen molar-refractivity contribution in [1.82, 2.24) is 0 Å². The van der Waals surface area contributed by atoms with Crippen molar-refractivity contribution in [3.8, 4) is 0 Å². The highest BCUT2D eigenvalue weighted by molar-refractivity contribution is 7.09. The van der Waals surface area contributed by atoms with Crippen molar-refractivity contribution < 1.29 is 18.9 Å². The van der Waals surface area contributed by atoms with Crippen molar-refractivity contribution >= 4 is 9.47 Å². The van der Waals surface area contributed by atoms with E-state index in [9.17, 15) is 10.1 Å². The highest BCUT2D eigenvalue weighted by atomic mass is 31.0. The Morgan fingerprint density at radius 2 is 2.12 bits per heavy atom. The Labute approximate surface area is 96.1 Å². The number of hydrogen-bond acceptors (Lipinski definition) is 5. The van der Waals surface area contributed by atoms with Crippen molar-refractivity contribution in [2.24, 2.45) is 5.92 Å². The summed E-state index contributed by atoms with van der Waals surface area (Å²) in [6.45, 7) is 1.38. The van der Waals surface area contributed by atoms with Crippen molar-refractivity contribution in [3.63, 3.8) is 0 Å². The molecule has 0 radical (unpaired) electrons. The summed E-state index contributed by atoms with van der Waals surface area (Å²) in [5, 5.41) is 10.7. The fraction of sp³-hybridized carbons (Fsp3) is 1.00. The van der Waals surface area contributed by atoms with Gasteiger partial charge in [-0.1, -0.05) is 0 Å². The van der Waals surface area contributed by atoms with Crippen LogP contribution in [0.5, 0.6) is 0 Å². The van der Waals surface area contributed by atoms with Crippen LogP contribution in [0.4, 0.5) is 0 Å². The van der Waals surface area contributed by atoms with Gasteiger partial charge in [-0.15, -0.1) is 0 Å². The van der Waals surface area contributed by atoms with Crippen LogP contribution >= 0.6 is 9.47 Å². The maximum Gasteiger partial charge on any atom is 0.213 e. The lowest BCUT2D eigenvalue weighted by atomic mass is 9.97. The summed E-state index contributed by atoms with van der Waals surface area (Å²) >= 11 is 0. The smallest absolute Gasteiger partial charge is 0.213 e. The van der Waals surface area contributed by atoms with Crippen molar-refractivity contribution in [2.75, 3.05) is 19.8 Å². The van der Waals surface area contributed by atoms with Gasteiger partial charge in [0.25, 0.3) is 0 Å². The van der Waals surface area contributed by atoms with Gasteiger partial charge in [0.2, 0.25) is 6.04 Å². The van der Waals surface area contributed by atoms with Crippen LogP contribution in [-0.2, 0) is 14.0 Å². The summed E-state index contributed by atoms with van der Waals surface area (Å²) in [5.41, 5.74) is 0. The topological polar surface area (TPSA) is 70.8 Å². The molecule has 1 heterocycles. The van der Waals surface area contributed by atoms with Gasteiger partial charge in [0, 0.05) is 33.1 Å². The fourth-order valence-electron chi connectivity index (χ4n) is 2.57. The second-order valence-electron chi connectivity index (χ2n) is 4.27. The minimum Gasteiger partial charge on any atom is -0.360 e. The van der Waals surface area contributed by atoms with Gasteiger partial charge in [-0.05, 0) is 6.42 Å². The molecule has 0 aromatic rings. The monoisotopic (exact) mass is 249 g/mol. The average Bonchev–Trinajstić information content (AvgIpc) is 2.85.